The summed E-state index contributed by atoms with van der Waals surface area (Å²) in [6, 6.07) is 23.4. The van der Waals surface area contributed by atoms with Crippen LogP contribution in [0, 0.1) is 0 Å². The number of anilines is 1. The maximum Gasteiger partial charge on any atom is 0.238 e. The van der Waals surface area contributed by atoms with Gasteiger partial charge >= 0.3 is 0 Å². The van der Waals surface area contributed by atoms with Crippen molar-refractivity contribution < 1.29 is 8.42 Å². The highest BCUT2D eigenvalue weighted by Crippen LogP contribution is 2.26. The lowest BCUT2D eigenvalue weighted by Gasteiger charge is -2.03. The third-order valence-electron chi connectivity index (χ3n) is 5.23. The average molecular weight is 535 g/mol. The molecule has 0 spiro atoms. The monoisotopic (exact) mass is 534 g/mol. The fraction of sp³-hybridized carbons (Fsp3) is 0. The van der Waals surface area contributed by atoms with Gasteiger partial charge in [-0.2, -0.15) is 10.2 Å². The molecule has 0 amide bonds. The van der Waals surface area contributed by atoms with Gasteiger partial charge in [0.2, 0.25) is 15.2 Å². The van der Waals surface area contributed by atoms with Crippen molar-refractivity contribution in [3.63, 3.8) is 0 Å². The van der Waals surface area contributed by atoms with E-state index in [9.17, 15) is 8.42 Å². The van der Waals surface area contributed by atoms with E-state index in [1.807, 2.05) is 47.8 Å². The van der Waals surface area contributed by atoms with Crippen molar-refractivity contribution >= 4 is 44.3 Å². The standard InChI is InChI=1S/C25H19ClN6O2S2/c26-20-8-6-18(7-9-20)24-19(15-32(31-24)21-10-12-22(13-11-21)36(27,33)34)14-28-30-25-29-23(16-35-25)17-4-2-1-3-5-17/h1-16H,(H,29,30)(H2,27,33,34)/b28-14+. The quantitative estimate of drug-likeness (QED) is 0.214. The Hall–Kier alpha value is -3.83. The molecular weight excluding hydrogens is 516 g/mol. The van der Waals surface area contributed by atoms with Gasteiger partial charge in [-0.15, -0.1) is 11.3 Å². The number of nitrogens with one attached hydrogen (secondary N) is 1. The van der Waals surface area contributed by atoms with E-state index in [0.717, 1.165) is 22.4 Å². The Morgan fingerprint density at radius 3 is 2.39 bits per heavy atom. The molecule has 180 valence electrons. The SMILES string of the molecule is NS(=O)(=O)c1ccc(-n2cc(/C=N/Nc3nc(-c4ccccc4)cs3)c(-c3ccc(Cl)cc3)n2)cc1. The molecule has 0 radical (unpaired) electrons. The van der Waals surface area contributed by atoms with Crippen LogP contribution >= 0.6 is 22.9 Å². The number of thiazole rings is 1. The molecular formula is C25H19ClN6O2S2. The predicted octanol–water partition coefficient (Wildman–Crippen LogP) is 5.41. The number of nitrogens with zero attached hydrogens (tertiary/aromatic N) is 4. The number of hydrogen-bond donors (Lipinski definition) is 2. The fourth-order valence-corrected chi connectivity index (χ4v) is 4.77. The average Bonchev–Trinajstić information content (AvgIpc) is 3.53. The summed E-state index contributed by atoms with van der Waals surface area (Å²) in [7, 11) is -3.78. The molecule has 36 heavy (non-hydrogen) atoms. The van der Waals surface area contributed by atoms with Crippen LogP contribution in [0.3, 0.4) is 0 Å². The molecule has 2 aromatic heterocycles. The van der Waals surface area contributed by atoms with Gasteiger partial charge < -0.3 is 0 Å². The zero-order chi connectivity index (χ0) is 25.1. The van der Waals surface area contributed by atoms with E-state index in [2.05, 4.69) is 15.5 Å². The van der Waals surface area contributed by atoms with Crippen LogP contribution in [-0.2, 0) is 10.0 Å². The summed E-state index contributed by atoms with van der Waals surface area (Å²) in [6.07, 6.45) is 3.47. The van der Waals surface area contributed by atoms with Crippen LogP contribution in [-0.4, -0.2) is 29.4 Å². The minimum absolute atomic E-state index is 0.0284. The summed E-state index contributed by atoms with van der Waals surface area (Å²) in [4.78, 5) is 4.61. The second kappa shape index (κ2) is 10.0. The van der Waals surface area contributed by atoms with E-state index in [1.165, 1.54) is 23.5 Å². The van der Waals surface area contributed by atoms with Crippen molar-refractivity contribution in [3.05, 3.63) is 101 Å². The minimum atomic E-state index is -3.78. The number of hydrazone groups is 1. The van der Waals surface area contributed by atoms with Crippen molar-refractivity contribution in [2.24, 2.45) is 10.2 Å². The van der Waals surface area contributed by atoms with E-state index in [0.29, 0.717) is 21.5 Å². The van der Waals surface area contributed by atoms with Crippen molar-refractivity contribution in [2.45, 2.75) is 4.90 Å². The van der Waals surface area contributed by atoms with Gasteiger partial charge in [-0.1, -0.05) is 54.1 Å². The number of halogens is 1. The third kappa shape index (κ3) is 5.37. The molecule has 3 aromatic carbocycles. The molecule has 0 fully saturated rings. The molecule has 0 unspecified atom stereocenters. The lowest BCUT2D eigenvalue weighted by molar-refractivity contribution is 0.598. The van der Waals surface area contributed by atoms with Gasteiger partial charge in [-0.25, -0.2) is 23.2 Å². The van der Waals surface area contributed by atoms with Crippen LogP contribution in [0.4, 0.5) is 5.13 Å². The Balaban J connectivity index is 1.43. The summed E-state index contributed by atoms with van der Waals surface area (Å²) in [5.74, 6) is 0. The molecule has 5 aromatic rings. The Bertz CT molecular complexity index is 1630. The molecule has 0 atom stereocenters. The number of sulfonamides is 1. The lowest BCUT2D eigenvalue weighted by Crippen LogP contribution is -2.12. The first-order chi connectivity index (χ1) is 17.4. The molecule has 3 N–H and O–H groups in total. The van der Waals surface area contributed by atoms with Crippen LogP contribution < -0.4 is 10.6 Å². The number of benzene rings is 3. The van der Waals surface area contributed by atoms with Crippen LogP contribution in [0.15, 0.2) is 100 Å². The second-order valence-corrected chi connectivity index (χ2v) is 10.6. The van der Waals surface area contributed by atoms with Crippen LogP contribution in [0.5, 0.6) is 0 Å². The highest BCUT2D eigenvalue weighted by Gasteiger charge is 2.13. The normalized spacial score (nSPS) is 11.7. The summed E-state index contributed by atoms with van der Waals surface area (Å²) >= 11 is 7.52. The first-order valence-electron chi connectivity index (χ1n) is 10.7. The number of nitrogens with two attached hydrogens (primary N) is 1. The summed E-state index contributed by atoms with van der Waals surface area (Å²) in [6.45, 7) is 0. The number of aromatic nitrogens is 3. The largest absolute Gasteiger partial charge is 0.253 e. The molecule has 0 saturated heterocycles. The van der Waals surface area contributed by atoms with Crippen molar-refractivity contribution in [3.8, 4) is 28.2 Å². The fourth-order valence-electron chi connectivity index (χ4n) is 3.46. The van der Waals surface area contributed by atoms with E-state index < -0.39 is 10.0 Å². The number of primary sulfonamides is 1. The summed E-state index contributed by atoms with van der Waals surface area (Å²) < 4.78 is 24.8. The summed E-state index contributed by atoms with van der Waals surface area (Å²) in [5, 5.41) is 17.5. The van der Waals surface area contributed by atoms with Gasteiger partial charge in [0.25, 0.3) is 0 Å². The smallest absolute Gasteiger partial charge is 0.238 e. The molecule has 2 heterocycles. The lowest BCUT2D eigenvalue weighted by atomic mass is 10.1. The Kier molecular flexibility index (Phi) is 6.66. The molecule has 0 aliphatic heterocycles. The van der Waals surface area contributed by atoms with E-state index >= 15 is 0 Å². The zero-order valence-electron chi connectivity index (χ0n) is 18.6. The first kappa shape index (κ1) is 23.9. The Morgan fingerprint density at radius 1 is 0.972 bits per heavy atom. The Labute approximate surface area is 216 Å². The molecule has 11 heteroatoms. The van der Waals surface area contributed by atoms with Gasteiger partial charge in [0, 0.05) is 33.3 Å². The van der Waals surface area contributed by atoms with Gasteiger partial charge in [-0.05, 0) is 36.4 Å². The van der Waals surface area contributed by atoms with Crippen LogP contribution in [0.25, 0.3) is 28.2 Å². The van der Waals surface area contributed by atoms with Gasteiger partial charge in [0.1, 0.15) is 5.69 Å². The second-order valence-electron chi connectivity index (χ2n) is 7.70. The molecule has 0 saturated carbocycles. The van der Waals surface area contributed by atoms with Crippen LogP contribution in [0.1, 0.15) is 5.56 Å². The van der Waals surface area contributed by atoms with E-state index in [4.69, 9.17) is 21.8 Å². The van der Waals surface area contributed by atoms with Gasteiger partial charge in [0.05, 0.1) is 22.5 Å². The van der Waals surface area contributed by atoms with Crippen molar-refractivity contribution in [1.82, 2.24) is 14.8 Å². The maximum atomic E-state index is 11.6. The van der Waals surface area contributed by atoms with Crippen molar-refractivity contribution in [1.29, 1.82) is 0 Å². The molecule has 0 aliphatic carbocycles. The number of rotatable bonds is 7. The van der Waals surface area contributed by atoms with Gasteiger partial charge in [0.15, 0.2) is 0 Å². The molecule has 8 nitrogen and oxygen atoms in total. The number of hydrogen-bond acceptors (Lipinski definition) is 7. The molecule has 5 rings (SSSR count). The van der Waals surface area contributed by atoms with Crippen molar-refractivity contribution in [2.75, 3.05) is 5.43 Å². The highest BCUT2D eigenvalue weighted by atomic mass is 35.5. The first-order valence-corrected chi connectivity index (χ1v) is 13.5. The third-order valence-corrected chi connectivity index (χ3v) is 7.16. The Morgan fingerprint density at radius 2 is 1.69 bits per heavy atom. The van der Waals surface area contributed by atoms with Crippen LogP contribution in [0.2, 0.25) is 5.02 Å². The van der Waals surface area contributed by atoms with Gasteiger partial charge in [-0.3, -0.25) is 5.43 Å². The zero-order valence-corrected chi connectivity index (χ0v) is 21.0. The molecule has 0 aliphatic rings. The summed E-state index contributed by atoms with van der Waals surface area (Å²) in [5.41, 5.74) is 7.81. The topological polar surface area (TPSA) is 115 Å². The molecule has 0 bridgehead atoms. The highest BCUT2D eigenvalue weighted by molar-refractivity contribution is 7.89. The maximum absolute atomic E-state index is 11.6. The predicted molar refractivity (Wildman–Crippen MR) is 144 cm³/mol. The van der Waals surface area contributed by atoms with E-state index in [-0.39, 0.29) is 4.90 Å². The van der Waals surface area contributed by atoms with E-state index in [1.54, 1.807) is 41.4 Å². The minimum Gasteiger partial charge on any atom is -0.253 e.